The number of pyridine rings is 1. The molecule has 1 aliphatic heterocycles. The van der Waals surface area contributed by atoms with E-state index in [2.05, 4.69) is 21.7 Å². The zero-order valence-electron chi connectivity index (χ0n) is 20.9. The molecule has 2 N–H and O–H groups in total. The molecular weight excluding hydrogens is 466 g/mol. The third kappa shape index (κ3) is 7.38. The summed E-state index contributed by atoms with van der Waals surface area (Å²) in [5.41, 5.74) is 2.56. The van der Waals surface area contributed by atoms with Crippen LogP contribution in [-0.2, 0) is 16.0 Å². The topological polar surface area (TPSA) is 107 Å². The first kappa shape index (κ1) is 25.9. The van der Waals surface area contributed by atoms with Crippen LogP contribution in [0.25, 0.3) is 0 Å². The van der Waals surface area contributed by atoms with Crippen LogP contribution < -0.4 is 15.4 Å². The third-order valence-corrected chi connectivity index (χ3v) is 6.35. The number of nitrogens with one attached hydrogen (secondary N) is 2. The summed E-state index contributed by atoms with van der Waals surface area (Å²) < 4.78 is 6.02. The van der Waals surface area contributed by atoms with Crippen LogP contribution >= 0.6 is 0 Å². The van der Waals surface area contributed by atoms with Crippen LogP contribution in [0.15, 0.2) is 72.9 Å². The molecule has 3 aromatic rings. The van der Waals surface area contributed by atoms with Crippen molar-refractivity contribution in [1.29, 1.82) is 5.26 Å². The molecule has 0 aliphatic carbocycles. The van der Waals surface area contributed by atoms with Crippen molar-refractivity contribution >= 4 is 17.6 Å². The van der Waals surface area contributed by atoms with Crippen molar-refractivity contribution in [2.75, 3.05) is 25.0 Å². The molecule has 2 aromatic carbocycles. The summed E-state index contributed by atoms with van der Waals surface area (Å²) >= 11 is 0. The normalized spacial score (nSPS) is 15.9. The Morgan fingerprint density at radius 3 is 2.59 bits per heavy atom. The number of carbonyl (C=O) groups excluding carboxylic acids is 2. The highest BCUT2D eigenvalue weighted by molar-refractivity contribution is 5.94. The molecule has 0 bridgehead atoms. The number of amides is 2. The second kappa shape index (κ2) is 12.7. The van der Waals surface area contributed by atoms with Gasteiger partial charge < -0.3 is 20.3 Å². The van der Waals surface area contributed by atoms with Crippen LogP contribution in [0.3, 0.4) is 0 Å². The van der Waals surface area contributed by atoms with E-state index in [0.717, 1.165) is 36.9 Å². The second-order valence-corrected chi connectivity index (χ2v) is 9.07. The van der Waals surface area contributed by atoms with E-state index in [0.29, 0.717) is 30.2 Å². The van der Waals surface area contributed by atoms with E-state index in [1.165, 1.54) is 0 Å². The Kier molecular flexibility index (Phi) is 8.84. The fourth-order valence-corrected chi connectivity index (χ4v) is 4.35. The molecule has 2 heterocycles. The molecule has 0 saturated carbocycles. The minimum absolute atomic E-state index is 0.0583. The lowest BCUT2D eigenvalue weighted by Crippen LogP contribution is -2.43. The van der Waals surface area contributed by atoms with Gasteiger partial charge in [-0.1, -0.05) is 42.5 Å². The lowest BCUT2D eigenvalue weighted by atomic mass is 10.1. The summed E-state index contributed by atoms with van der Waals surface area (Å²) in [6, 6.07) is 22.1. The van der Waals surface area contributed by atoms with Crippen molar-refractivity contribution in [3.63, 3.8) is 0 Å². The smallest absolute Gasteiger partial charge is 0.247 e. The number of benzene rings is 2. The predicted octanol–water partition coefficient (Wildman–Crippen LogP) is 3.86. The molecule has 2 atom stereocenters. The molecule has 1 aromatic heterocycles. The van der Waals surface area contributed by atoms with Gasteiger partial charge in [-0.25, -0.2) is 4.98 Å². The van der Waals surface area contributed by atoms with Gasteiger partial charge in [0.25, 0.3) is 0 Å². The zero-order chi connectivity index (χ0) is 26.0. The molecule has 0 radical (unpaired) electrons. The maximum absolute atomic E-state index is 13.2. The molecule has 0 unspecified atom stereocenters. The highest BCUT2D eigenvalue weighted by atomic mass is 16.5. The Bertz CT molecular complexity index is 1220. The van der Waals surface area contributed by atoms with Gasteiger partial charge in [-0.2, -0.15) is 5.26 Å². The number of anilines is 1. The van der Waals surface area contributed by atoms with Gasteiger partial charge in [0.15, 0.2) is 0 Å². The minimum atomic E-state index is -0.558. The van der Waals surface area contributed by atoms with E-state index in [-0.39, 0.29) is 17.9 Å². The summed E-state index contributed by atoms with van der Waals surface area (Å²) in [6.07, 6.45) is 4.04. The maximum Gasteiger partial charge on any atom is 0.247 e. The average molecular weight is 498 g/mol. The molecule has 1 fully saturated rings. The summed E-state index contributed by atoms with van der Waals surface area (Å²) in [5, 5.41) is 15.2. The van der Waals surface area contributed by atoms with E-state index in [9.17, 15) is 9.59 Å². The van der Waals surface area contributed by atoms with Crippen LogP contribution in [0.4, 0.5) is 5.82 Å². The van der Waals surface area contributed by atoms with Crippen LogP contribution in [0, 0.1) is 11.3 Å². The Hall–Kier alpha value is -4.22. The Morgan fingerprint density at radius 1 is 1.14 bits per heavy atom. The number of nitrogens with zero attached hydrogens (tertiary/aromatic N) is 3. The van der Waals surface area contributed by atoms with Crippen molar-refractivity contribution < 1.29 is 14.3 Å². The van der Waals surface area contributed by atoms with E-state index < -0.39 is 6.04 Å². The lowest BCUT2D eigenvalue weighted by molar-refractivity contribution is -0.131. The quantitative estimate of drug-likeness (QED) is 0.465. The van der Waals surface area contributed by atoms with Gasteiger partial charge in [-0.3, -0.25) is 9.59 Å². The number of aromatic nitrogens is 1. The lowest BCUT2D eigenvalue weighted by Gasteiger charge is -2.32. The SMILES string of the molecule is CC(=O)N1CCC[C@@H](Oc2ccc(NC(=O)[C@H](NCCc3ccc(C#N)cc3)c3ccccc3)nc2)C1. The zero-order valence-corrected chi connectivity index (χ0v) is 20.9. The fraction of sp³-hybridized carbons (Fsp3) is 0.310. The van der Waals surface area contributed by atoms with Crippen molar-refractivity contribution in [2.45, 2.75) is 38.3 Å². The van der Waals surface area contributed by atoms with E-state index in [1.54, 1.807) is 42.3 Å². The third-order valence-electron chi connectivity index (χ3n) is 6.35. The van der Waals surface area contributed by atoms with Crippen molar-refractivity contribution in [3.8, 4) is 11.8 Å². The first-order chi connectivity index (χ1) is 18.0. The minimum Gasteiger partial charge on any atom is -0.487 e. The molecule has 0 spiro atoms. The van der Waals surface area contributed by atoms with Gasteiger partial charge in [0, 0.05) is 20.0 Å². The first-order valence-electron chi connectivity index (χ1n) is 12.5. The second-order valence-electron chi connectivity index (χ2n) is 9.07. The van der Waals surface area contributed by atoms with Crippen LogP contribution in [0.1, 0.15) is 42.5 Å². The number of nitriles is 1. The summed E-state index contributed by atoms with van der Waals surface area (Å²) in [6.45, 7) is 3.49. The largest absolute Gasteiger partial charge is 0.487 e. The molecule has 1 saturated heterocycles. The summed E-state index contributed by atoms with van der Waals surface area (Å²) in [4.78, 5) is 31.1. The average Bonchev–Trinajstić information content (AvgIpc) is 2.93. The molecule has 8 heteroatoms. The Labute approximate surface area is 217 Å². The number of ether oxygens (including phenoxy) is 1. The number of carbonyl (C=O) groups is 2. The van der Waals surface area contributed by atoms with Gasteiger partial charge in [0.2, 0.25) is 11.8 Å². The number of rotatable bonds is 9. The van der Waals surface area contributed by atoms with Gasteiger partial charge in [0.1, 0.15) is 23.7 Å². The van der Waals surface area contributed by atoms with Gasteiger partial charge in [-0.05, 0) is 54.7 Å². The van der Waals surface area contributed by atoms with Crippen molar-refractivity contribution in [3.05, 3.63) is 89.6 Å². The number of hydrogen-bond acceptors (Lipinski definition) is 6. The first-order valence-corrected chi connectivity index (χ1v) is 12.5. The highest BCUT2D eigenvalue weighted by Gasteiger charge is 2.23. The van der Waals surface area contributed by atoms with E-state index >= 15 is 0 Å². The predicted molar refractivity (Wildman–Crippen MR) is 141 cm³/mol. The molecular formula is C29H31N5O3. The maximum atomic E-state index is 13.2. The van der Waals surface area contributed by atoms with E-state index in [1.807, 2.05) is 42.5 Å². The molecule has 190 valence electrons. The Balaban J connectivity index is 1.35. The van der Waals surface area contributed by atoms with E-state index in [4.69, 9.17) is 10.00 Å². The van der Waals surface area contributed by atoms with Gasteiger partial charge >= 0.3 is 0 Å². The summed E-state index contributed by atoms with van der Waals surface area (Å²) in [5.74, 6) is 0.884. The van der Waals surface area contributed by atoms with Gasteiger partial charge in [-0.15, -0.1) is 0 Å². The molecule has 1 aliphatic rings. The van der Waals surface area contributed by atoms with Crippen molar-refractivity contribution in [1.82, 2.24) is 15.2 Å². The van der Waals surface area contributed by atoms with Gasteiger partial charge in [0.05, 0.1) is 24.4 Å². The van der Waals surface area contributed by atoms with Crippen LogP contribution in [0.2, 0.25) is 0 Å². The summed E-state index contributed by atoms with van der Waals surface area (Å²) in [7, 11) is 0. The van der Waals surface area contributed by atoms with Crippen LogP contribution in [0.5, 0.6) is 5.75 Å². The van der Waals surface area contributed by atoms with Crippen LogP contribution in [-0.4, -0.2) is 47.4 Å². The Morgan fingerprint density at radius 2 is 1.92 bits per heavy atom. The molecule has 4 rings (SSSR count). The van der Waals surface area contributed by atoms with Crippen molar-refractivity contribution in [2.24, 2.45) is 0 Å². The molecule has 8 nitrogen and oxygen atoms in total. The highest BCUT2D eigenvalue weighted by Crippen LogP contribution is 2.20. The molecule has 37 heavy (non-hydrogen) atoms. The number of piperidine rings is 1. The monoisotopic (exact) mass is 497 g/mol. The fourth-order valence-electron chi connectivity index (χ4n) is 4.35. The number of hydrogen-bond donors (Lipinski definition) is 2. The number of likely N-dealkylation sites (tertiary alicyclic amines) is 1. The standard InChI is InChI=1S/C29H31N5O3/c1-21(35)34-17-5-8-26(20-34)37-25-13-14-27(32-19-25)33-29(36)28(24-6-3-2-4-7-24)31-16-15-22-9-11-23(18-30)12-10-22/h2-4,6-7,9-14,19,26,28,31H,5,8,15-17,20H2,1H3,(H,32,33,36)/t26-,28-/m1/s1. The molecule has 2 amide bonds.